The van der Waals surface area contributed by atoms with Gasteiger partial charge >= 0.3 is 5.97 Å². The predicted octanol–water partition coefficient (Wildman–Crippen LogP) is 5.33. The molecule has 0 aromatic heterocycles. The van der Waals surface area contributed by atoms with Crippen LogP contribution in [-0.2, 0) is 16.1 Å². The van der Waals surface area contributed by atoms with Crippen LogP contribution in [-0.4, -0.2) is 12.5 Å². The molecule has 1 aromatic rings. The Kier molecular flexibility index (Phi) is 6.17. The maximum atomic E-state index is 14.3. The minimum atomic E-state index is -1.90. The van der Waals surface area contributed by atoms with Gasteiger partial charge in [-0.2, -0.15) is 8.78 Å². The van der Waals surface area contributed by atoms with E-state index < -0.39 is 64.5 Å². The molecule has 0 heterocycles. The van der Waals surface area contributed by atoms with E-state index in [0.29, 0.717) is 19.0 Å². The third-order valence-electron chi connectivity index (χ3n) is 5.02. The fourth-order valence-corrected chi connectivity index (χ4v) is 3.20. The first-order valence-corrected chi connectivity index (χ1v) is 8.63. The van der Waals surface area contributed by atoms with Crippen molar-refractivity contribution in [2.75, 3.05) is 11.9 Å². The van der Waals surface area contributed by atoms with Crippen molar-refractivity contribution >= 4 is 11.7 Å². The standard InChI is InChI=1S/C19H22F5NO2/c1-5-6-25-17-10(16(24)14(22)9(2)15(17)23)8-27-18(26)13-11(7-12(20)21)19(13,3)4/h7,11,13,25H,5-6,8H2,1-4H3/t11-,13+/m1/s1. The second kappa shape index (κ2) is 7.86. The molecule has 1 aromatic carbocycles. The SMILES string of the molecule is CCCNc1c(F)c(C)c(F)c(F)c1COC(=O)[C@@H]1[C@@H](C=C(F)F)C1(C)C. The highest BCUT2D eigenvalue weighted by Crippen LogP contribution is 2.60. The van der Waals surface area contributed by atoms with Crippen molar-refractivity contribution in [1.82, 2.24) is 0 Å². The number of anilines is 1. The summed E-state index contributed by atoms with van der Waals surface area (Å²) in [6, 6.07) is 0. The number of halogens is 5. The van der Waals surface area contributed by atoms with E-state index in [9.17, 15) is 26.7 Å². The summed E-state index contributed by atoms with van der Waals surface area (Å²) in [5.41, 5.74) is -1.92. The summed E-state index contributed by atoms with van der Waals surface area (Å²) in [4.78, 5) is 12.2. The first-order chi connectivity index (χ1) is 12.5. The van der Waals surface area contributed by atoms with Crippen LogP contribution in [0, 0.1) is 41.6 Å². The summed E-state index contributed by atoms with van der Waals surface area (Å²) in [6.07, 6.45) is -0.606. The predicted molar refractivity (Wildman–Crippen MR) is 90.7 cm³/mol. The lowest BCUT2D eigenvalue weighted by molar-refractivity contribution is -0.147. The van der Waals surface area contributed by atoms with Crippen LogP contribution in [0.25, 0.3) is 0 Å². The van der Waals surface area contributed by atoms with Crippen molar-refractivity contribution in [3.05, 3.63) is 40.7 Å². The zero-order valence-electron chi connectivity index (χ0n) is 15.6. The minimum Gasteiger partial charge on any atom is -0.460 e. The molecule has 0 spiro atoms. The molecule has 2 rings (SSSR count). The number of esters is 1. The summed E-state index contributed by atoms with van der Waals surface area (Å²) in [6.45, 7) is 5.78. The largest absolute Gasteiger partial charge is 0.460 e. The molecule has 150 valence electrons. The first-order valence-electron chi connectivity index (χ1n) is 8.63. The lowest BCUT2D eigenvalue weighted by Gasteiger charge is -2.16. The van der Waals surface area contributed by atoms with E-state index in [4.69, 9.17) is 4.74 Å². The molecule has 0 unspecified atom stereocenters. The summed E-state index contributed by atoms with van der Waals surface area (Å²) in [5, 5.41) is 2.68. The zero-order valence-corrected chi connectivity index (χ0v) is 15.6. The average molecular weight is 391 g/mol. The lowest BCUT2D eigenvalue weighted by Crippen LogP contribution is -2.15. The van der Waals surface area contributed by atoms with Crippen LogP contribution in [0.5, 0.6) is 0 Å². The molecule has 1 aliphatic rings. The van der Waals surface area contributed by atoms with Crippen LogP contribution in [0.2, 0.25) is 0 Å². The van der Waals surface area contributed by atoms with Gasteiger partial charge < -0.3 is 10.1 Å². The lowest BCUT2D eigenvalue weighted by atomic mass is 10.1. The number of rotatable bonds is 7. The first kappa shape index (κ1) is 21.2. The molecule has 1 N–H and O–H groups in total. The highest BCUT2D eigenvalue weighted by atomic mass is 19.3. The summed E-state index contributed by atoms with van der Waals surface area (Å²) >= 11 is 0. The van der Waals surface area contributed by atoms with E-state index in [1.165, 1.54) is 0 Å². The number of nitrogens with one attached hydrogen (secondary N) is 1. The van der Waals surface area contributed by atoms with Gasteiger partial charge in [-0.1, -0.05) is 20.8 Å². The van der Waals surface area contributed by atoms with Crippen LogP contribution < -0.4 is 5.32 Å². The fourth-order valence-electron chi connectivity index (χ4n) is 3.20. The van der Waals surface area contributed by atoms with Gasteiger partial charge in [0.25, 0.3) is 6.08 Å². The van der Waals surface area contributed by atoms with Crippen molar-refractivity contribution in [3.63, 3.8) is 0 Å². The Balaban J connectivity index is 2.23. The smallest absolute Gasteiger partial charge is 0.310 e. The Labute approximate surface area is 154 Å². The molecule has 0 aliphatic heterocycles. The van der Waals surface area contributed by atoms with Crippen LogP contribution in [0.1, 0.15) is 38.3 Å². The monoisotopic (exact) mass is 391 g/mol. The maximum Gasteiger partial charge on any atom is 0.310 e. The van der Waals surface area contributed by atoms with E-state index in [2.05, 4.69) is 5.32 Å². The van der Waals surface area contributed by atoms with Crippen molar-refractivity contribution < 1.29 is 31.5 Å². The molecule has 0 bridgehead atoms. The quantitative estimate of drug-likeness (QED) is 0.388. The van der Waals surface area contributed by atoms with Gasteiger partial charge in [-0.3, -0.25) is 4.79 Å². The molecule has 1 aliphatic carbocycles. The van der Waals surface area contributed by atoms with Crippen LogP contribution in [0.15, 0.2) is 12.2 Å². The molecule has 1 saturated carbocycles. The fraction of sp³-hybridized carbons (Fsp3) is 0.526. The number of allylic oxidation sites excluding steroid dienone is 1. The van der Waals surface area contributed by atoms with Crippen molar-refractivity contribution in [2.45, 2.75) is 40.7 Å². The van der Waals surface area contributed by atoms with Gasteiger partial charge in [0.15, 0.2) is 17.5 Å². The highest BCUT2D eigenvalue weighted by molar-refractivity contribution is 5.78. The van der Waals surface area contributed by atoms with Crippen molar-refractivity contribution in [2.24, 2.45) is 17.3 Å². The van der Waals surface area contributed by atoms with Gasteiger partial charge in [-0.05, 0) is 24.8 Å². The van der Waals surface area contributed by atoms with Crippen LogP contribution in [0.3, 0.4) is 0 Å². The normalized spacial score (nSPS) is 20.2. The number of hydrogen-bond acceptors (Lipinski definition) is 3. The Morgan fingerprint density at radius 3 is 2.37 bits per heavy atom. The number of carbonyl (C=O) groups is 1. The highest BCUT2D eigenvalue weighted by Gasteiger charge is 2.62. The van der Waals surface area contributed by atoms with Crippen LogP contribution >= 0.6 is 0 Å². The number of carbonyl (C=O) groups excluding carboxylic acids is 1. The molecule has 1 fully saturated rings. The van der Waals surface area contributed by atoms with E-state index in [-0.39, 0.29) is 5.69 Å². The summed E-state index contributed by atoms with van der Waals surface area (Å²) in [5.74, 6) is -5.96. The topological polar surface area (TPSA) is 38.3 Å². The van der Waals surface area contributed by atoms with Crippen molar-refractivity contribution in [3.8, 4) is 0 Å². The second-order valence-corrected chi connectivity index (χ2v) is 7.24. The Morgan fingerprint density at radius 2 is 1.81 bits per heavy atom. The van der Waals surface area contributed by atoms with Gasteiger partial charge in [0, 0.05) is 18.0 Å². The Bertz CT molecular complexity index is 772. The van der Waals surface area contributed by atoms with Gasteiger partial charge in [0.05, 0.1) is 17.2 Å². The molecular weight excluding hydrogens is 369 g/mol. The van der Waals surface area contributed by atoms with Crippen molar-refractivity contribution in [1.29, 1.82) is 0 Å². The Hall–Kier alpha value is -2.12. The maximum absolute atomic E-state index is 14.3. The molecular formula is C19H22F5NO2. The van der Waals surface area contributed by atoms with Crippen LogP contribution in [0.4, 0.5) is 27.6 Å². The molecule has 27 heavy (non-hydrogen) atoms. The molecule has 8 heteroatoms. The van der Waals surface area contributed by atoms with Gasteiger partial charge in [-0.15, -0.1) is 0 Å². The van der Waals surface area contributed by atoms with E-state index in [0.717, 1.165) is 6.92 Å². The molecule has 2 atom stereocenters. The minimum absolute atomic E-state index is 0.262. The Morgan fingerprint density at radius 1 is 1.19 bits per heavy atom. The third-order valence-corrected chi connectivity index (χ3v) is 5.02. The number of hydrogen-bond donors (Lipinski definition) is 1. The molecule has 0 amide bonds. The number of ether oxygens (including phenoxy) is 1. The molecule has 0 radical (unpaired) electrons. The van der Waals surface area contributed by atoms with Gasteiger partial charge in [0.1, 0.15) is 6.61 Å². The third kappa shape index (κ3) is 4.09. The van der Waals surface area contributed by atoms with E-state index in [1.54, 1.807) is 13.8 Å². The second-order valence-electron chi connectivity index (χ2n) is 7.24. The zero-order chi connectivity index (χ0) is 20.5. The van der Waals surface area contributed by atoms with E-state index in [1.807, 2.05) is 6.92 Å². The van der Waals surface area contributed by atoms with Gasteiger partial charge in [-0.25, -0.2) is 13.2 Å². The number of benzene rings is 1. The van der Waals surface area contributed by atoms with Gasteiger partial charge in [0.2, 0.25) is 0 Å². The van der Waals surface area contributed by atoms with E-state index >= 15 is 0 Å². The average Bonchev–Trinajstić information content (AvgIpc) is 3.13. The summed E-state index contributed by atoms with van der Waals surface area (Å²) in [7, 11) is 0. The molecule has 3 nitrogen and oxygen atoms in total. The molecule has 0 saturated heterocycles. The summed E-state index contributed by atoms with van der Waals surface area (Å²) < 4.78 is 72.5.